The van der Waals surface area contributed by atoms with Gasteiger partial charge in [-0.2, -0.15) is 5.26 Å². The molecule has 150 valence electrons. The Bertz CT molecular complexity index is 604. The minimum atomic E-state index is -0.272. The molecule has 0 unspecified atom stereocenters. The first-order chi connectivity index (χ1) is 12.3. The fourth-order valence-corrected chi connectivity index (χ4v) is 3.14. The third-order valence-electron chi connectivity index (χ3n) is 4.52. The highest BCUT2D eigenvalue weighted by Crippen LogP contribution is 2.18. The molecule has 3 N–H and O–H groups in total. The molecular formula is C20H30Cl2N4O. The van der Waals surface area contributed by atoms with E-state index in [4.69, 9.17) is 5.73 Å². The molecule has 1 aromatic rings. The van der Waals surface area contributed by atoms with Crippen molar-refractivity contribution < 1.29 is 4.79 Å². The van der Waals surface area contributed by atoms with Gasteiger partial charge in [0.2, 0.25) is 5.91 Å². The van der Waals surface area contributed by atoms with Gasteiger partial charge in [0.15, 0.2) is 0 Å². The molecule has 1 aliphatic heterocycles. The summed E-state index contributed by atoms with van der Waals surface area (Å²) in [5.41, 5.74) is 6.71. The Morgan fingerprint density at radius 1 is 1.33 bits per heavy atom. The topological polar surface area (TPSA) is 82.2 Å². The second-order valence-corrected chi connectivity index (χ2v) is 6.38. The molecule has 0 radical (unpaired) electrons. The number of hydrogen-bond donors (Lipinski definition) is 2. The van der Waals surface area contributed by atoms with Crippen LogP contribution in [0.25, 0.3) is 6.08 Å². The van der Waals surface area contributed by atoms with Crippen LogP contribution in [0.4, 0.5) is 0 Å². The number of hydrogen-bond acceptors (Lipinski definition) is 4. The van der Waals surface area contributed by atoms with Crippen molar-refractivity contribution in [1.82, 2.24) is 10.2 Å². The van der Waals surface area contributed by atoms with Gasteiger partial charge in [0.1, 0.15) is 6.04 Å². The fourth-order valence-electron chi connectivity index (χ4n) is 3.14. The van der Waals surface area contributed by atoms with E-state index in [1.54, 1.807) is 4.90 Å². The molecule has 1 fully saturated rings. The van der Waals surface area contributed by atoms with Crippen molar-refractivity contribution in [1.29, 1.82) is 5.26 Å². The van der Waals surface area contributed by atoms with Gasteiger partial charge in [0, 0.05) is 13.1 Å². The van der Waals surface area contributed by atoms with Crippen LogP contribution in [-0.4, -0.2) is 42.5 Å². The highest BCUT2D eigenvalue weighted by molar-refractivity contribution is 5.85. The molecule has 1 aromatic carbocycles. The smallest absolute Gasteiger partial charge is 0.240 e. The third kappa shape index (κ3) is 8.32. The highest BCUT2D eigenvalue weighted by Gasteiger charge is 2.32. The summed E-state index contributed by atoms with van der Waals surface area (Å²) in [7, 11) is 0. The van der Waals surface area contributed by atoms with E-state index >= 15 is 0 Å². The lowest BCUT2D eigenvalue weighted by Gasteiger charge is -2.26. The van der Waals surface area contributed by atoms with Crippen LogP contribution in [0.3, 0.4) is 0 Å². The molecule has 2 atom stereocenters. The van der Waals surface area contributed by atoms with Gasteiger partial charge in [0.05, 0.1) is 12.1 Å². The number of nitrogens with zero attached hydrogens (tertiary/aromatic N) is 2. The van der Waals surface area contributed by atoms with E-state index in [0.29, 0.717) is 19.6 Å². The van der Waals surface area contributed by atoms with Crippen molar-refractivity contribution >= 4 is 36.8 Å². The molecule has 0 spiro atoms. The molecule has 1 saturated heterocycles. The van der Waals surface area contributed by atoms with Crippen LogP contribution in [0.2, 0.25) is 0 Å². The van der Waals surface area contributed by atoms with Crippen LogP contribution in [-0.2, 0) is 4.79 Å². The number of nitrogens with two attached hydrogens (primary N) is 1. The predicted octanol–water partition coefficient (Wildman–Crippen LogP) is 3.15. The monoisotopic (exact) mass is 412 g/mol. The van der Waals surface area contributed by atoms with Crippen molar-refractivity contribution in [3.8, 4) is 6.07 Å². The molecule has 27 heavy (non-hydrogen) atoms. The van der Waals surface area contributed by atoms with Crippen LogP contribution in [0.1, 0.15) is 37.7 Å². The molecule has 0 saturated carbocycles. The van der Waals surface area contributed by atoms with E-state index in [1.165, 1.54) is 0 Å². The van der Waals surface area contributed by atoms with Gasteiger partial charge in [-0.1, -0.05) is 48.9 Å². The summed E-state index contributed by atoms with van der Waals surface area (Å²) in [5, 5.41) is 12.6. The Labute approximate surface area is 174 Å². The summed E-state index contributed by atoms with van der Waals surface area (Å²) in [5.74, 6) is 0.0502. The number of carbonyl (C=O) groups excluding carboxylic acids is 1. The molecule has 7 heteroatoms. The van der Waals surface area contributed by atoms with Gasteiger partial charge in [-0.05, 0) is 37.8 Å². The Hall–Kier alpha value is -1.58. The fraction of sp³-hybridized carbons (Fsp3) is 0.500. The summed E-state index contributed by atoms with van der Waals surface area (Å²) < 4.78 is 0. The van der Waals surface area contributed by atoms with E-state index in [0.717, 1.165) is 37.7 Å². The Morgan fingerprint density at radius 2 is 2.07 bits per heavy atom. The molecule has 5 nitrogen and oxygen atoms in total. The first-order valence-corrected chi connectivity index (χ1v) is 9.11. The molecule has 1 aliphatic rings. The average Bonchev–Trinajstić information content (AvgIpc) is 3.13. The third-order valence-corrected chi connectivity index (χ3v) is 4.52. The van der Waals surface area contributed by atoms with Gasteiger partial charge in [0.25, 0.3) is 0 Å². The van der Waals surface area contributed by atoms with Crippen molar-refractivity contribution in [2.75, 3.05) is 19.6 Å². The molecule has 2 rings (SSSR count). The van der Waals surface area contributed by atoms with Crippen molar-refractivity contribution in [2.45, 2.75) is 44.2 Å². The van der Waals surface area contributed by atoms with Gasteiger partial charge >= 0.3 is 0 Å². The number of nitriles is 1. The van der Waals surface area contributed by atoms with Crippen LogP contribution in [0, 0.1) is 11.3 Å². The number of benzene rings is 1. The first-order valence-electron chi connectivity index (χ1n) is 9.11. The number of likely N-dealkylation sites (tertiary alicyclic amines) is 1. The van der Waals surface area contributed by atoms with Crippen molar-refractivity contribution in [2.24, 2.45) is 5.73 Å². The average molecular weight is 413 g/mol. The number of rotatable bonds is 9. The summed E-state index contributed by atoms with van der Waals surface area (Å²) in [6, 6.07) is 11.8. The Kier molecular flexibility index (Phi) is 13.6. The maximum absolute atomic E-state index is 12.8. The van der Waals surface area contributed by atoms with Crippen molar-refractivity contribution in [3.63, 3.8) is 0 Å². The van der Waals surface area contributed by atoms with E-state index in [2.05, 4.69) is 11.4 Å². The number of carbonyl (C=O) groups is 1. The van der Waals surface area contributed by atoms with Crippen molar-refractivity contribution in [3.05, 3.63) is 42.0 Å². The van der Waals surface area contributed by atoms with Crippen LogP contribution in [0.15, 0.2) is 36.4 Å². The zero-order chi connectivity index (χ0) is 17.9. The molecular weight excluding hydrogens is 383 g/mol. The number of nitrogens with one attached hydrogen (secondary N) is 1. The zero-order valence-corrected chi connectivity index (χ0v) is 17.2. The molecule has 0 aromatic heterocycles. The largest absolute Gasteiger partial charge is 0.330 e. The maximum Gasteiger partial charge on any atom is 0.240 e. The molecule has 1 amide bonds. The zero-order valence-electron chi connectivity index (χ0n) is 15.5. The van der Waals surface area contributed by atoms with E-state index in [1.807, 2.05) is 42.5 Å². The number of unbranched alkanes of at least 4 members (excludes halogenated alkanes) is 1. The minimum absolute atomic E-state index is 0. The number of halogens is 2. The van der Waals surface area contributed by atoms with E-state index in [9.17, 15) is 10.1 Å². The lowest BCUT2D eigenvalue weighted by molar-refractivity contribution is -0.133. The minimum Gasteiger partial charge on any atom is -0.330 e. The van der Waals surface area contributed by atoms with Crippen LogP contribution >= 0.6 is 24.8 Å². The SMILES string of the molecule is Cl.Cl.N#C[C@@H]1CCCN1C(=O)[C@H](CCCCN)NCC=Cc1ccccc1. The molecule has 1 heterocycles. The Balaban J connectivity index is 0.00000338. The maximum atomic E-state index is 12.8. The van der Waals surface area contributed by atoms with Crippen LogP contribution in [0.5, 0.6) is 0 Å². The van der Waals surface area contributed by atoms with Gasteiger partial charge in [-0.3, -0.25) is 4.79 Å². The molecule has 0 bridgehead atoms. The van der Waals surface area contributed by atoms with E-state index in [-0.39, 0.29) is 42.8 Å². The summed E-state index contributed by atoms with van der Waals surface area (Å²) >= 11 is 0. The second kappa shape index (κ2) is 14.5. The summed E-state index contributed by atoms with van der Waals surface area (Å²) in [6.07, 6.45) is 8.34. The van der Waals surface area contributed by atoms with Gasteiger partial charge < -0.3 is 16.0 Å². The quantitative estimate of drug-likeness (QED) is 0.610. The Morgan fingerprint density at radius 3 is 2.74 bits per heavy atom. The van der Waals surface area contributed by atoms with E-state index < -0.39 is 0 Å². The highest BCUT2D eigenvalue weighted by atomic mass is 35.5. The van der Waals surface area contributed by atoms with Crippen LogP contribution < -0.4 is 11.1 Å². The normalized spacial score (nSPS) is 17.0. The predicted molar refractivity (Wildman–Crippen MR) is 115 cm³/mol. The summed E-state index contributed by atoms with van der Waals surface area (Å²) in [6.45, 7) is 1.95. The summed E-state index contributed by atoms with van der Waals surface area (Å²) in [4.78, 5) is 14.6. The van der Waals surface area contributed by atoms with Gasteiger partial charge in [-0.25, -0.2) is 0 Å². The first kappa shape index (κ1) is 25.4. The second-order valence-electron chi connectivity index (χ2n) is 6.38. The van der Waals surface area contributed by atoms with Gasteiger partial charge in [-0.15, -0.1) is 24.8 Å². The lowest BCUT2D eigenvalue weighted by atomic mass is 10.1. The standard InChI is InChI=1S/C20H28N4O.2ClH/c21-13-5-4-12-19(20(25)24-15-7-11-18(24)16-22)23-14-6-10-17-8-2-1-3-9-17;;/h1-3,6,8-10,18-19,23H,4-5,7,11-15,21H2;2*1H/t18-,19-;;/m0../s1. The number of amides is 1. The lowest BCUT2D eigenvalue weighted by Crippen LogP contribution is -2.48. The molecule has 0 aliphatic carbocycles.